The summed E-state index contributed by atoms with van der Waals surface area (Å²) >= 11 is 0. The van der Waals surface area contributed by atoms with Gasteiger partial charge >= 0.3 is 17.9 Å². The maximum absolute atomic E-state index is 12.9. The fraction of sp³-hybridized carbons (Fsp3) is 0.833. The highest BCUT2D eigenvalue weighted by molar-refractivity contribution is 5.71. The molecule has 0 radical (unpaired) electrons. The molecule has 1 unspecified atom stereocenters. The predicted molar refractivity (Wildman–Crippen MR) is 312 cm³/mol. The van der Waals surface area contributed by atoms with Crippen LogP contribution in [-0.2, 0) is 28.6 Å². The summed E-state index contributed by atoms with van der Waals surface area (Å²) in [5.74, 6) is -0.887. The summed E-state index contributed by atoms with van der Waals surface area (Å²) in [5.41, 5.74) is 0. The Morgan fingerprint density at radius 2 is 0.542 bits per heavy atom. The third-order valence-electron chi connectivity index (χ3n) is 14.1. The summed E-state index contributed by atoms with van der Waals surface area (Å²) in [6.07, 6.45) is 75.4. The Kier molecular flexibility index (Phi) is 58.7. The molecule has 72 heavy (non-hydrogen) atoms. The largest absolute Gasteiger partial charge is 0.462 e. The van der Waals surface area contributed by atoms with Gasteiger partial charge in [-0.2, -0.15) is 0 Å². The van der Waals surface area contributed by atoms with Gasteiger partial charge in [-0.05, 0) is 57.8 Å². The minimum absolute atomic E-state index is 0.0783. The number of ether oxygens (including phenoxy) is 3. The lowest BCUT2D eigenvalue weighted by atomic mass is 10.0. The SMILES string of the molecule is CC/C=C\C/C=C\C/C=C\C/C=C\CCCCCC(=O)OCC(COC(=O)CCCCCCCCCCCCCCCCCCCCC)OC(=O)CCCCCCCCCCCCCCCCCCCCC. The van der Waals surface area contributed by atoms with Gasteiger partial charge in [0, 0.05) is 19.3 Å². The molecule has 0 N–H and O–H groups in total. The van der Waals surface area contributed by atoms with Crippen molar-refractivity contribution in [2.75, 3.05) is 13.2 Å². The first kappa shape index (κ1) is 69.4. The predicted octanol–water partition coefficient (Wildman–Crippen LogP) is 21.4. The van der Waals surface area contributed by atoms with Crippen LogP contribution in [-0.4, -0.2) is 37.2 Å². The number of hydrogen-bond donors (Lipinski definition) is 0. The van der Waals surface area contributed by atoms with Crippen molar-refractivity contribution in [3.63, 3.8) is 0 Å². The molecule has 0 aliphatic rings. The lowest BCUT2D eigenvalue weighted by Crippen LogP contribution is -2.30. The fourth-order valence-electron chi connectivity index (χ4n) is 9.38. The second kappa shape index (κ2) is 60.9. The molecule has 0 aliphatic carbocycles. The molecule has 6 nitrogen and oxygen atoms in total. The zero-order chi connectivity index (χ0) is 52.2. The van der Waals surface area contributed by atoms with Crippen LogP contribution in [0.1, 0.15) is 335 Å². The Morgan fingerprint density at radius 1 is 0.292 bits per heavy atom. The fourth-order valence-corrected chi connectivity index (χ4v) is 9.38. The van der Waals surface area contributed by atoms with E-state index in [1.165, 1.54) is 205 Å². The van der Waals surface area contributed by atoms with E-state index in [0.717, 1.165) is 89.9 Å². The third-order valence-corrected chi connectivity index (χ3v) is 14.1. The van der Waals surface area contributed by atoms with E-state index in [1.54, 1.807) is 0 Å². The van der Waals surface area contributed by atoms with Gasteiger partial charge in [0.15, 0.2) is 6.10 Å². The van der Waals surface area contributed by atoms with E-state index in [2.05, 4.69) is 69.4 Å². The van der Waals surface area contributed by atoms with Gasteiger partial charge in [-0.25, -0.2) is 0 Å². The molecule has 0 aromatic carbocycles. The molecule has 0 rings (SSSR count). The summed E-state index contributed by atoms with van der Waals surface area (Å²) in [6, 6.07) is 0. The molecule has 0 heterocycles. The normalized spacial score (nSPS) is 12.3. The van der Waals surface area contributed by atoms with Gasteiger partial charge in [0.2, 0.25) is 0 Å². The molecule has 1 atom stereocenters. The minimum Gasteiger partial charge on any atom is -0.462 e. The average molecular weight is 1010 g/mol. The summed E-state index contributed by atoms with van der Waals surface area (Å²) in [6.45, 7) is 6.56. The maximum atomic E-state index is 12.9. The molecule has 0 aliphatic heterocycles. The van der Waals surface area contributed by atoms with Crippen molar-refractivity contribution in [1.82, 2.24) is 0 Å². The number of esters is 3. The summed E-state index contributed by atoms with van der Waals surface area (Å²) in [7, 11) is 0. The second-order valence-electron chi connectivity index (χ2n) is 21.3. The molecule has 0 aromatic rings. The molecule has 0 saturated heterocycles. The van der Waals surface area contributed by atoms with E-state index in [0.29, 0.717) is 19.3 Å². The molecule has 0 amide bonds. The quantitative estimate of drug-likeness (QED) is 0.0261. The lowest BCUT2D eigenvalue weighted by Gasteiger charge is -2.18. The number of carbonyl (C=O) groups is 3. The van der Waals surface area contributed by atoms with Crippen LogP contribution in [0.5, 0.6) is 0 Å². The van der Waals surface area contributed by atoms with E-state index in [4.69, 9.17) is 14.2 Å². The zero-order valence-electron chi connectivity index (χ0n) is 48.2. The smallest absolute Gasteiger partial charge is 0.306 e. The van der Waals surface area contributed by atoms with E-state index < -0.39 is 6.10 Å². The number of hydrogen-bond acceptors (Lipinski definition) is 6. The van der Waals surface area contributed by atoms with E-state index in [9.17, 15) is 14.4 Å². The van der Waals surface area contributed by atoms with Crippen molar-refractivity contribution in [3.05, 3.63) is 48.6 Å². The van der Waals surface area contributed by atoms with Crippen LogP contribution in [0.3, 0.4) is 0 Å². The standard InChI is InChI=1S/C66H120O6/c1-4-7-10-13-16-19-22-25-28-31-33-35-38-41-44-47-50-53-56-59-65(68)71-62-63(61-70-64(67)58-55-52-49-46-43-40-37-30-27-24-21-18-15-12-9-6-3)72-66(69)60-57-54-51-48-45-42-39-36-34-32-29-26-23-20-17-14-11-8-5-2/h9,12,18,21,27,30,40,43,63H,4-8,10-11,13-17,19-20,22-26,28-29,31-39,41-42,44-62H2,1-3H3/b12-9-,21-18-,30-27-,43-40-. The monoisotopic (exact) mass is 1010 g/mol. The maximum Gasteiger partial charge on any atom is 0.306 e. The van der Waals surface area contributed by atoms with Gasteiger partial charge in [-0.15, -0.1) is 0 Å². The van der Waals surface area contributed by atoms with E-state index in [1.807, 2.05) is 0 Å². The van der Waals surface area contributed by atoms with Gasteiger partial charge in [-0.1, -0.05) is 307 Å². The van der Waals surface area contributed by atoms with Crippen molar-refractivity contribution in [2.24, 2.45) is 0 Å². The van der Waals surface area contributed by atoms with Crippen molar-refractivity contribution >= 4 is 17.9 Å². The van der Waals surface area contributed by atoms with Crippen LogP contribution in [0.25, 0.3) is 0 Å². The summed E-state index contributed by atoms with van der Waals surface area (Å²) in [4.78, 5) is 38.3. The van der Waals surface area contributed by atoms with Gasteiger partial charge in [0.1, 0.15) is 13.2 Å². The average Bonchev–Trinajstić information content (AvgIpc) is 3.38. The number of unbranched alkanes of at least 4 members (excludes halogenated alkanes) is 39. The first-order valence-electron chi connectivity index (χ1n) is 31.6. The Bertz CT molecular complexity index is 1250. The number of carbonyl (C=O) groups excluding carboxylic acids is 3. The van der Waals surface area contributed by atoms with Crippen LogP contribution in [0, 0.1) is 0 Å². The van der Waals surface area contributed by atoms with Crippen LogP contribution >= 0.6 is 0 Å². The molecule has 420 valence electrons. The van der Waals surface area contributed by atoms with Crippen LogP contribution in [0.2, 0.25) is 0 Å². The number of allylic oxidation sites excluding steroid dienone is 8. The van der Waals surface area contributed by atoms with Crippen molar-refractivity contribution < 1.29 is 28.6 Å². The van der Waals surface area contributed by atoms with Gasteiger partial charge in [0.05, 0.1) is 0 Å². The van der Waals surface area contributed by atoms with Gasteiger partial charge in [0.25, 0.3) is 0 Å². The lowest BCUT2D eigenvalue weighted by molar-refractivity contribution is -0.167. The van der Waals surface area contributed by atoms with Gasteiger partial charge < -0.3 is 14.2 Å². The molecule has 0 fully saturated rings. The third kappa shape index (κ3) is 58.3. The summed E-state index contributed by atoms with van der Waals surface area (Å²) in [5, 5.41) is 0. The first-order valence-corrected chi connectivity index (χ1v) is 31.6. The molecular weight excluding hydrogens is 889 g/mol. The van der Waals surface area contributed by atoms with Crippen LogP contribution in [0.15, 0.2) is 48.6 Å². The van der Waals surface area contributed by atoms with Crippen molar-refractivity contribution in [3.8, 4) is 0 Å². The van der Waals surface area contributed by atoms with E-state index >= 15 is 0 Å². The first-order chi connectivity index (χ1) is 35.5. The summed E-state index contributed by atoms with van der Waals surface area (Å²) < 4.78 is 16.9. The Balaban J connectivity index is 4.35. The second-order valence-corrected chi connectivity index (χ2v) is 21.3. The molecule has 6 heteroatoms. The Hall–Kier alpha value is -2.63. The molecular formula is C66H120O6. The minimum atomic E-state index is -0.783. The topological polar surface area (TPSA) is 78.9 Å². The van der Waals surface area contributed by atoms with Crippen LogP contribution < -0.4 is 0 Å². The number of rotatable bonds is 58. The zero-order valence-corrected chi connectivity index (χ0v) is 48.2. The molecule has 0 bridgehead atoms. The highest BCUT2D eigenvalue weighted by atomic mass is 16.6. The molecule has 0 saturated carbocycles. The van der Waals surface area contributed by atoms with Crippen molar-refractivity contribution in [1.29, 1.82) is 0 Å². The molecule has 0 spiro atoms. The van der Waals surface area contributed by atoms with Gasteiger partial charge in [-0.3, -0.25) is 14.4 Å². The molecule has 0 aromatic heterocycles. The highest BCUT2D eigenvalue weighted by Crippen LogP contribution is 2.18. The van der Waals surface area contributed by atoms with Crippen LogP contribution in [0.4, 0.5) is 0 Å². The van der Waals surface area contributed by atoms with Crippen molar-refractivity contribution in [2.45, 2.75) is 341 Å². The Labute approximate surface area is 448 Å². The highest BCUT2D eigenvalue weighted by Gasteiger charge is 2.19. The van der Waals surface area contributed by atoms with E-state index in [-0.39, 0.29) is 31.1 Å². The Morgan fingerprint density at radius 3 is 0.847 bits per heavy atom.